The molecule has 1 N–H and O–H groups in total. The van der Waals surface area contributed by atoms with Crippen LogP contribution in [0.5, 0.6) is 0 Å². The van der Waals surface area contributed by atoms with Crippen molar-refractivity contribution in [1.29, 1.82) is 0 Å². The number of aryl methyl sites for hydroxylation is 1. The molecule has 1 aromatic rings. The summed E-state index contributed by atoms with van der Waals surface area (Å²) in [6, 6.07) is 7.09. The molecule has 0 spiro atoms. The summed E-state index contributed by atoms with van der Waals surface area (Å²) in [5, 5.41) is 0. The van der Waals surface area contributed by atoms with Gasteiger partial charge in [-0.3, -0.25) is 6.08 Å². The zero-order chi connectivity index (χ0) is 15.5. The van der Waals surface area contributed by atoms with Crippen molar-refractivity contribution in [3.8, 4) is 0 Å². The molecule has 0 atom stereocenters. The van der Waals surface area contributed by atoms with E-state index in [1.807, 2.05) is 19.1 Å². The number of hydrogen-bond donors (Lipinski definition) is 0. The van der Waals surface area contributed by atoms with Crippen molar-refractivity contribution in [2.24, 2.45) is 5.41 Å². The fourth-order valence-corrected chi connectivity index (χ4v) is 2.23. The fourth-order valence-electron chi connectivity index (χ4n) is 2.23. The normalized spacial score (nSPS) is 14.3. The summed E-state index contributed by atoms with van der Waals surface area (Å²) in [7, 11) is 0. The molecule has 1 amide bonds. The maximum Gasteiger partial charge on any atom is 4.00 e. The molecule has 0 aliphatic heterocycles. The van der Waals surface area contributed by atoms with E-state index in [1.54, 1.807) is 12.1 Å². The summed E-state index contributed by atoms with van der Waals surface area (Å²) in [4.78, 5) is 10.5. The van der Waals surface area contributed by atoms with E-state index in [4.69, 9.17) is 5.73 Å². The Balaban J connectivity index is -0.000000308. The molecule has 0 fully saturated rings. The summed E-state index contributed by atoms with van der Waals surface area (Å²) in [5.41, 5.74) is 12.6. The fraction of sp³-hybridized carbons (Fsp3) is 0.389. The Kier molecular flexibility index (Phi) is 13.2. The molecule has 124 valence electrons. The van der Waals surface area contributed by atoms with Gasteiger partial charge in [0.25, 0.3) is 0 Å². The Labute approximate surface area is 167 Å². The quantitative estimate of drug-likeness (QED) is 0.464. The van der Waals surface area contributed by atoms with Crippen LogP contribution in [0.4, 0.5) is 0 Å². The van der Waals surface area contributed by atoms with Gasteiger partial charge in [-0.25, -0.2) is 5.57 Å². The van der Waals surface area contributed by atoms with E-state index in [2.05, 4.69) is 40.7 Å². The summed E-state index contributed by atoms with van der Waals surface area (Å²) in [6.07, 6.45) is 3.44. The second-order valence-corrected chi connectivity index (χ2v) is 5.77. The minimum Gasteiger partial charge on any atom is -1.00 e. The third-order valence-corrected chi connectivity index (χ3v) is 3.95. The smallest absolute Gasteiger partial charge is 1.00 e. The van der Waals surface area contributed by atoms with Gasteiger partial charge in [0.2, 0.25) is 0 Å². The van der Waals surface area contributed by atoms with Crippen molar-refractivity contribution in [1.82, 2.24) is 0 Å². The van der Waals surface area contributed by atoms with Crippen molar-refractivity contribution in [2.75, 3.05) is 0 Å². The van der Waals surface area contributed by atoms with Gasteiger partial charge in [-0.1, -0.05) is 57.4 Å². The first-order valence-corrected chi connectivity index (χ1v) is 6.78. The molecular formula is C18H23Cl2NOTi. The number of amides is 1. The predicted octanol–water partition coefficient (Wildman–Crippen LogP) is -0.695. The Morgan fingerprint density at radius 2 is 1.52 bits per heavy atom. The predicted molar refractivity (Wildman–Crippen MR) is 84.4 cm³/mol. The molecule has 5 heteroatoms. The molecule has 0 heterocycles. The third kappa shape index (κ3) is 7.26. The number of hydrogen-bond acceptors (Lipinski definition) is 1. The Hall–Kier alpha value is -0.536. The maximum atomic E-state index is 10.5. The van der Waals surface area contributed by atoms with Gasteiger partial charge < -0.3 is 35.3 Å². The Morgan fingerprint density at radius 1 is 1.04 bits per heavy atom. The molecule has 1 aliphatic rings. The van der Waals surface area contributed by atoms with Crippen LogP contribution in [0.1, 0.15) is 50.5 Å². The van der Waals surface area contributed by atoms with Crippen molar-refractivity contribution >= 4 is 5.91 Å². The second kappa shape index (κ2) is 11.1. The molecule has 0 radical (unpaired) electrons. The van der Waals surface area contributed by atoms with Gasteiger partial charge in [0.15, 0.2) is 0 Å². The minimum atomic E-state index is -0.613. The van der Waals surface area contributed by atoms with Crippen LogP contribution >= 0.6 is 0 Å². The molecule has 23 heavy (non-hydrogen) atoms. The molecule has 0 aromatic heterocycles. The van der Waals surface area contributed by atoms with Gasteiger partial charge in [-0.05, 0) is 12.5 Å². The first-order valence-electron chi connectivity index (χ1n) is 6.78. The number of carbonyl (C=O) groups is 1. The maximum absolute atomic E-state index is 10.5. The summed E-state index contributed by atoms with van der Waals surface area (Å²) in [5.74, 6) is -0.613. The van der Waals surface area contributed by atoms with Gasteiger partial charge in [-0.15, -0.1) is 6.92 Å². The zero-order valence-corrected chi connectivity index (χ0v) is 17.5. The second-order valence-electron chi connectivity index (χ2n) is 5.77. The van der Waals surface area contributed by atoms with Crippen molar-refractivity contribution in [3.05, 3.63) is 63.9 Å². The van der Waals surface area contributed by atoms with Gasteiger partial charge in [0, 0.05) is 5.56 Å². The monoisotopic (exact) mass is 387 g/mol. The van der Waals surface area contributed by atoms with Crippen molar-refractivity contribution in [3.63, 3.8) is 0 Å². The van der Waals surface area contributed by atoms with Crippen molar-refractivity contribution in [2.45, 2.75) is 41.5 Å². The summed E-state index contributed by atoms with van der Waals surface area (Å²) < 4.78 is 0. The van der Waals surface area contributed by atoms with Crippen LogP contribution in [0.3, 0.4) is 0 Å². The van der Waals surface area contributed by atoms with Crippen LogP contribution < -0.4 is 24.8 Å². The van der Waals surface area contributed by atoms with Crippen LogP contribution in [0, 0.1) is 18.4 Å². The summed E-state index contributed by atoms with van der Waals surface area (Å²) in [6.45, 7) is 12.7. The van der Waals surface area contributed by atoms with Crippen LogP contribution in [-0.2, 0) is 21.7 Å². The number of carbonyl (C=O) groups excluding carboxylic acids is 1. The number of allylic oxidation sites excluding steroid dienone is 4. The Morgan fingerprint density at radius 3 is 1.74 bits per heavy atom. The standard InChI is InChI=1S/C10H15.C8H9NO.2ClH.Ti/c1-7-6-10(4,5)9(3)8(7)2;1-6-4-2-3-5-7(6)8(9)10;;;/h1-5H3;2-5H,1H3,(H2,9,10);2*1H;/q-1;;;;+4/p-3. The molecule has 1 aromatic carbocycles. The molecule has 2 rings (SSSR count). The van der Waals surface area contributed by atoms with Gasteiger partial charge in [0.05, 0.1) is 5.91 Å². The van der Waals surface area contributed by atoms with Gasteiger partial charge >= 0.3 is 21.7 Å². The van der Waals surface area contributed by atoms with Crippen LogP contribution in [0.15, 0.2) is 41.0 Å². The average molecular weight is 388 g/mol. The molecule has 0 saturated heterocycles. The number of halogens is 2. The van der Waals surface area contributed by atoms with Crippen molar-refractivity contribution < 1.29 is 51.3 Å². The van der Waals surface area contributed by atoms with Gasteiger partial charge in [-0.2, -0.15) is 11.1 Å². The zero-order valence-electron chi connectivity index (χ0n) is 14.5. The average Bonchev–Trinajstić information content (AvgIpc) is 2.53. The van der Waals surface area contributed by atoms with E-state index in [0.717, 1.165) is 5.56 Å². The number of nitrogens with one attached hydrogen (secondary N) is 1. The molecule has 1 aliphatic carbocycles. The van der Waals surface area contributed by atoms with Gasteiger partial charge in [0.1, 0.15) is 0 Å². The first kappa shape index (κ1) is 27.3. The van der Waals surface area contributed by atoms with Crippen LogP contribution in [0.2, 0.25) is 0 Å². The first-order chi connectivity index (χ1) is 9.16. The van der Waals surface area contributed by atoms with E-state index < -0.39 is 5.91 Å². The van der Waals surface area contributed by atoms with E-state index in [0.29, 0.717) is 5.56 Å². The molecule has 0 unspecified atom stereocenters. The molecule has 0 saturated carbocycles. The topological polar surface area (TPSA) is 40.9 Å². The van der Waals surface area contributed by atoms with E-state index in [1.165, 1.54) is 16.7 Å². The van der Waals surface area contributed by atoms with Crippen LogP contribution in [-0.4, -0.2) is 5.91 Å². The number of rotatable bonds is 1. The molecular weight excluding hydrogens is 365 g/mol. The largest absolute Gasteiger partial charge is 4.00 e. The third-order valence-electron chi connectivity index (χ3n) is 3.95. The van der Waals surface area contributed by atoms with E-state index in [9.17, 15) is 4.79 Å². The minimum absolute atomic E-state index is 0. The molecule has 0 bridgehead atoms. The van der Waals surface area contributed by atoms with E-state index in [-0.39, 0.29) is 51.9 Å². The number of benzene rings is 1. The van der Waals surface area contributed by atoms with Crippen LogP contribution in [0.25, 0.3) is 5.73 Å². The SMILES string of the molecule is CC1=[C-]C(C)(C)C(C)=C1C.Cc1ccccc1C([NH-])=O.[Cl-].[Cl-].[Ti+4]. The molecule has 2 nitrogen and oxygen atoms in total. The Bertz CT molecular complexity index is 592. The van der Waals surface area contributed by atoms with E-state index >= 15 is 0 Å². The summed E-state index contributed by atoms with van der Waals surface area (Å²) >= 11 is 0.